The van der Waals surface area contributed by atoms with Gasteiger partial charge in [0.15, 0.2) is 0 Å². The number of fused-ring (bicyclic) bond motifs is 1. The second-order valence-corrected chi connectivity index (χ2v) is 7.97. The van der Waals surface area contributed by atoms with E-state index in [1.807, 2.05) is 11.8 Å². The van der Waals surface area contributed by atoms with Gasteiger partial charge in [-0.05, 0) is 45.1 Å². The van der Waals surface area contributed by atoms with Crippen LogP contribution in [-0.2, 0) is 4.79 Å². The largest absolute Gasteiger partial charge is 0.299 e. The average molecular weight is 267 g/mol. The van der Waals surface area contributed by atoms with Gasteiger partial charge in [-0.15, -0.1) is 11.8 Å². The van der Waals surface area contributed by atoms with Crippen molar-refractivity contribution in [1.82, 2.24) is 4.90 Å². The first-order valence-corrected chi connectivity index (χ1v) is 8.60. The Balaban J connectivity index is 1.59. The van der Waals surface area contributed by atoms with Crippen molar-refractivity contribution in [2.45, 2.75) is 68.4 Å². The number of piperidine rings is 1. The lowest BCUT2D eigenvalue weighted by Gasteiger charge is -2.45. The molecule has 4 atom stereocenters. The molecule has 18 heavy (non-hydrogen) atoms. The van der Waals surface area contributed by atoms with E-state index in [0.29, 0.717) is 11.0 Å². The van der Waals surface area contributed by atoms with Crippen LogP contribution >= 0.6 is 11.8 Å². The normalized spacial score (nSPS) is 41.9. The van der Waals surface area contributed by atoms with Gasteiger partial charge in [0, 0.05) is 24.3 Å². The molecule has 2 nitrogen and oxygen atoms in total. The zero-order valence-corrected chi connectivity index (χ0v) is 12.3. The van der Waals surface area contributed by atoms with Crippen LogP contribution in [0.1, 0.15) is 51.9 Å². The lowest BCUT2D eigenvalue weighted by molar-refractivity contribution is -0.117. The SMILES string of the molecule is CC1SC(CN2CCCC3CCCCC32)CC1=O. The first-order chi connectivity index (χ1) is 8.74. The van der Waals surface area contributed by atoms with E-state index < -0.39 is 0 Å². The Morgan fingerprint density at radius 2 is 2.00 bits per heavy atom. The number of ketones is 1. The third kappa shape index (κ3) is 2.62. The van der Waals surface area contributed by atoms with E-state index in [1.165, 1.54) is 51.6 Å². The molecule has 0 aromatic rings. The van der Waals surface area contributed by atoms with Gasteiger partial charge in [0.05, 0.1) is 5.25 Å². The Bertz CT molecular complexity index is 318. The fourth-order valence-corrected chi connectivity index (χ4v) is 5.49. The molecular formula is C15H25NOS. The molecule has 0 spiro atoms. The van der Waals surface area contributed by atoms with Gasteiger partial charge in [-0.25, -0.2) is 0 Å². The number of hydrogen-bond donors (Lipinski definition) is 0. The Morgan fingerprint density at radius 1 is 1.22 bits per heavy atom. The summed E-state index contributed by atoms with van der Waals surface area (Å²) < 4.78 is 0. The Labute approximate surface area is 115 Å². The molecule has 1 aliphatic carbocycles. The number of Topliss-reactive ketones (excluding diaryl/α,β-unsaturated/α-hetero) is 1. The van der Waals surface area contributed by atoms with E-state index >= 15 is 0 Å². The van der Waals surface area contributed by atoms with E-state index in [1.54, 1.807) is 0 Å². The van der Waals surface area contributed by atoms with Crippen LogP contribution in [0.2, 0.25) is 0 Å². The van der Waals surface area contributed by atoms with Gasteiger partial charge < -0.3 is 0 Å². The first-order valence-electron chi connectivity index (χ1n) is 7.66. The highest BCUT2D eigenvalue weighted by Gasteiger charge is 2.37. The number of rotatable bonds is 2. The van der Waals surface area contributed by atoms with Gasteiger partial charge in [-0.2, -0.15) is 0 Å². The topological polar surface area (TPSA) is 20.3 Å². The fraction of sp³-hybridized carbons (Fsp3) is 0.933. The van der Waals surface area contributed by atoms with E-state index in [-0.39, 0.29) is 5.25 Å². The summed E-state index contributed by atoms with van der Waals surface area (Å²) in [6, 6.07) is 0.846. The molecule has 2 aliphatic heterocycles. The summed E-state index contributed by atoms with van der Waals surface area (Å²) in [7, 11) is 0. The molecule has 3 aliphatic rings. The Kier molecular flexibility index (Phi) is 4.00. The third-order valence-corrected chi connectivity index (χ3v) is 6.45. The highest BCUT2D eigenvalue weighted by molar-refractivity contribution is 8.01. The predicted octanol–water partition coefficient (Wildman–Crippen LogP) is 3.10. The van der Waals surface area contributed by atoms with Crippen molar-refractivity contribution in [3.05, 3.63) is 0 Å². The van der Waals surface area contributed by atoms with Crippen molar-refractivity contribution in [2.75, 3.05) is 13.1 Å². The molecule has 0 N–H and O–H groups in total. The maximum absolute atomic E-state index is 11.7. The van der Waals surface area contributed by atoms with Crippen molar-refractivity contribution < 1.29 is 4.79 Å². The summed E-state index contributed by atoms with van der Waals surface area (Å²) >= 11 is 1.92. The number of thioether (sulfide) groups is 1. The molecule has 2 heterocycles. The summed E-state index contributed by atoms with van der Waals surface area (Å²) in [5, 5.41) is 0.829. The maximum Gasteiger partial charge on any atom is 0.146 e. The molecule has 0 radical (unpaired) electrons. The van der Waals surface area contributed by atoms with Crippen LogP contribution < -0.4 is 0 Å². The lowest BCUT2D eigenvalue weighted by atomic mass is 9.78. The highest BCUT2D eigenvalue weighted by atomic mass is 32.2. The van der Waals surface area contributed by atoms with Crippen LogP contribution in [0.3, 0.4) is 0 Å². The van der Waals surface area contributed by atoms with Crippen LogP contribution in [0.4, 0.5) is 0 Å². The summed E-state index contributed by atoms with van der Waals surface area (Å²) in [6.45, 7) is 4.52. The van der Waals surface area contributed by atoms with Crippen LogP contribution in [0.5, 0.6) is 0 Å². The minimum absolute atomic E-state index is 0.252. The lowest BCUT2D eigenvalue weighted by Crippen LogP contribution is -2.48. The maximum atomic E-state index is 11.7. The summed E-state index contributed by atoms with van der Waals surface area (Å²) in [5.41, 5.74) is 0. The van der Waals surface area contributed by atoms with Gasteiger partial charge in [0.25, 0.3) is 0 Å². The number of carbonyl (C=O) groups excluding carboxylic acids is 1. The Hall–Kier alpha value is -0.0200. The first kappa shape index (κ1) is 13.0. The van der Waals surface area contributed by atoms with Gasteiger partial charge in [0.1, 0.15) is 5.78 Å². The molecule has 3 heteroatoms. The number of nitrogens with zero attached hydrogens (tertiary/aromatic N) is 1. The molecule has 3 fully saturated rings. The van der Waals surface area contributed by atoms with Gasteiger partial charge in [0.2, 0.25) is 0 Å². The second kappa shape index (κ2) is 5.54. The molecule has 0 bridgehead atoms. The van der Waals surface area contributed by atoms with E-state index in [0.717, 1.165) is 18.4 Å². The molecule has 4 unspecified atom stereocenters. The van der Waals surface area contributed by atoms with Crippen molar-refractivity contribution in [3.8, 4) is 0 Å². The quantitative estimate of drug-likeness (QED) is 0.767. The predicted molar refractivity (Wildman–Crippen MR) is 77.0 cm³/mol. The molecule has 0 amide bonds. The van der Waals surface area contributed by atoms with Crippen molar-refractivity contribution in [2.24, 2.45) is 5.92 Å². The van der Waals surface area contributed by atoms with Crippen molar-refractivity contribution in [3.63, 3.8) is 0 Å². The van der Waals surface area contributed by atoms with E-state index in [2.05, 4.69) is 11.8 Å². The molecule has 3 rings (SSSR count). The second-order valence-electron chi connectivity index (χ2n) is 6.32. The van der Waals surface area contributed by atoms with Crippen LogP contribution in [0.25, 0.3) is 0 Å². The summed E-state index contributed by atoms with van der Waals surface area (Å²) in [6.07, 6.45) is 9.38. The molecule has 0 aromatic heterocycles. The average Bonchev–Trinajstić information content (AvgIpc) is 2.69. The summed E-state index contributed by atoms with van der Waals surface area (Å²) in [4.78, 5) is 14.4. The van der Waals surface area contributed by atoms with Gasteiger partial charge >= 0.3 is 0 Å². The Morgan fingerprint density at radius 3 is 2.78 bits per heavy atom. The van der Waals surface area contributed by atoms with Crippen molar-refractivity contribution in [1.29, 1.82) is 0 Å². The van der Waals surface area contributed by atoms with E-state index in [4.69, 9.17) is 0 Å². The molecule has 1 saturated carbocycles. The summed E-state index contributed by atoms with van der Waals surface area (Å²) in [5.74, 6) is 1.44. The van der Waals surface area contributed by atoms with Crippen LogP contribution in [-0.4, -0.2) is 40.3 Å². The van der Waals surface area contributed by atoms with Crippen LogP contribution in [0, 0.1) is 5.92 Å². The zero-order chi connectivity index (χ0) is 12.5. The molecule has 0 aromatic carbocycles. The number of likely N-dealkylation sites (tertiary alicyclic amines) is 1. The molecule has 102 valence electrons. The zero-order valence-electron chi connectivity index (χ0n) is 11.4. The molecular weight excluding hydrogens is 242 g/mol. The van der Waals surface area contributed by atoms with Gasteiger partial charge in [-0.1, -0.05) is 12.8 Å². The third-order valence-electron chi connectivity index (χ3n) is 5.08. The van der Waals surface area contributed by atoms with Crippen LogP contribution in [0.15, 0.2) is 0 Å². The fourth-order valence-electron chi connectivity index (χ4n) is 4.13. The highest BCUT2D eigenvalue weighted by Crippen LogP contribution is 2.38. The minimum atomic E-state index is 0.252. The van der Waals surface area contributed by atoms with Gasteiger partial charge in [-0.3, -0.25) is 9.69 Å². The van der Waals surface area contributed by atoms with Crippen molar-refractivity contribution >= 4 is 17.5 Å². The number of carbonyl (C=O) groups is 1. The smallest absolute Gasteiger partial charge is 0.146 e. The monoisotopic (exact) mass is 267 g/mol. The standard InChI is InChI=1S/C15H25NOS/c1-11-15(17)9-13(18-11)10-16-8-4-6-12-5-2-3-7-14(12)16/h11-14H,2-10H2,1H3. The molecule has 2 saturated heterocycles. The number of hydrogen-bond acceptors (Lipinski definition) is 3. The minimum Gasteiger partial charge on any atom is -0.299 e. The van der Waals surface area contributed by atoms with E-state index in [9.17, 15) is 4.79 Å².